The first-order valence-electron chi connectivity index (χ1n) is 4.96. The molecular formula is C11H12F3N. The number of fused-ring (bicyclic) bond motifs is 1. The van der Waals surface area contributed by atoms with Crippen molar-refractivity contribution in [3.63, 3.8) is 0 Å². The molecule has 0 spiro atoms. The SMILES string of the molecule is FC(F)(F)C[C@H]1CCNc2ccccc21. The lowest BCUT2D eigenvalue weighted by Gasteiger charge is -2.27. The third kappa shape index (κ3) is 2.43. The zero-order valence-electron chi connectivity index (χ0n) is 8.14. The normalized spacial score (nSPS) is 20.6. The highest BCUT2D eigenvalue weighted by Crippen LogP contribution is 2.38. The van der Waals surface area contributed by atoms with Crippen molar-refractivity contribution in [1.82, 2.24) is 0 Å². The van der Waals surface area contributed by atoms with E-state index in [1.54, 1.807) is 12.1 Å². The van der Waals surface area contributed by atoms with Gasteiger partial charge < -0.3 is 5.32 Å². The number of anilines is 1. The van der Waals surface area contributed by atoms with Gasteiger partial charge in [-0.25, -0.2) is 0 Å². The van der Waals surface area contributed by atoms with E-state index in [4.69, 9.17) is 0 Å². The molecule has 1 nitrogen and oxygen atoms in total. The molecule has 0 aliphatic carbocycles. The first-order valence-corrected chi connectivity index (χ1v) is 4.96. The van der Waals surface area contributed by atoms with Crippen molar-refractivity contribution in [2.45, 2.75) is 24.9 Å². The van der Waals surface area contributed by atoms with Gasteiger partial charge in [-0.05, 0) is 24.0 Å². The van der Waals surface area contributed by atoms with Gasteiger partial charge >= 0.3 is 6.18 Å². The van der Waals surface area contributed by atoms with Crippen LogP contribution in [0.2, 0.25) is 0 Å². The Morgan fingerprint density at radius 3 is 2.73 bits per heavy atom. The molecular weight excluding hydrogens is 203 g/mol. The highest BCUT2D eigenvalue weighted by atomic mass is 19.4. The van der Waals surface area contributed by atoms with Crippen molar-refractivity contribution >= 4 is 5.69 Å². The first-order chi connectivity index (χ1) is 7.06. The molecule has 0 amide bonds. The lowest BCUT2D eigenvalue weighted by molar-refractivity contribution is -0.139. The zero-order chi connectivity index (χ0) is 10.9. The predicted octanol–water partition coefficient (Wildman–Crippen LogP) is 3.54. The van der Waals surface area contributed by atoms with E-state index in [1.165, 1.54) is 0 Å². The van der Waals surface area contributed by atoms with Crippen molar-refractivity contribution in [2.75, 3.05) is 11.9 Å². The first kappa shape index (κ1) is 10.3. The van der Waals surface area contributed by atoms with Crippen LogP contribution in [0.5, 0.6) is 0 Å². The number of hydrogen-bond acceptors (Lipinski definition) is 1. The molecule has 1 N–H and O–H groups in total. The Hall–Kier alpha value is -1.19. The summed E-state index contributed by atoms with van der Waals surface area (Å²) >= 11 is 0. The zero-order valence-corrected chi connectivity index (χ0v) is 8.14. The van der Waals surface area contributed by atoms with Gasteiger partial charge in [0.15, 0.2) is 0 Å². The molecule has 2 rings (SSSR count). The van der Waals surface area contributed by atoms with Gasteiger partial charge in [-0.2, -0.15) is 13.2 Å². The van der Waals surface area contributed by atoms with Gasteiger partial charge in [-0.1, -0.05) is 18.2 Å². The third-order valence-corrected chi connectivity index (χ3v) is 2.69. The molecule has 1 aliphatic rings. The minimum Gasteiger partial charge on any atom is -0.385 e. The average Bonchev–Trinajstić information content (AvgIpc) is 2.16. The summed E-state index contributed by atoms with van der Waals surface area (Å²) in [6.07, 6.45) is -4.24. The second-order valence-electron chi connectivity index (χ2n) is 3.82. The molecule has 0 fully saturated rings. The fraction of sp³-hybridized carbons (Fsp3) is 0.455. The molecule has 15 heavy (non-hydrogen) atoms. The van der Waals surface area contributed by atoms with E-state index in [0.29, 0.717) is 13.0 Å². The molecule has 0 saturated carbocycles. The number of benzene rings is 1. The van der Waals surface area contributed by atoms with Gasteiger partial charge in [-0.3, -0.25) is 0 Å². The Kier molecular flexibility index (Phi) is 2.59. The monoisotopic (exact) mass is 215 g/mol. The Bertz CT molecular complexity index is 346. The van der Waals surface area contributed by atoms with Crippen LogP contribution in [0.15, 0.2) is 24.3 Å². The lowest BCUT2D eigenvalue weighted by atomic mass is 9.88. The summed E-state index contributed by atoms with van der Waals surface area (Å²) < 4.78 is 36.9. The lowest BCUT2D eigenvalue weighted by Crippen LogP contribution is -2.21. The van der Waals surface area contributed by atoms with Gasteiger partial charge in [-0.15, -0.1) is 0 Å². The van der Waals surface area contributed by atoms with Crippen molar-refractivity contribution in [3.8, 4) is 0 Å². The Balaban J connectivity index is 2.22. The van der Waals surface area contributed by atoms with E-state index in [-0.39, 0.29) is 5.92 Å². The van der Waals surface area contributed by atoms with Crippen LogP contribution < -0.4 is 5.32 Å². The Morgan fingerprint density at radius 2 is 2.00 bits per heavy atom. The highest BCUT2D eigenvalue weighted by molar-refractivity contribution is 5.54. The third-order valence-electron chi connectivity index (χ3n) is 2.69. The molecule has 1 heterocycles. The van der Waals surface area contributed by atoms with Crippen molar-refractivity contribution in [3.05, 3.63) is 29.8 Å². The molecule has 4 heteroatoms. The van der Waals surface area contributed by atoms with E-state index >= 15 is 0 Å². The van der Waals surface area contributed by atoms with Crippen LogP contribution in [0.4, 0.5) is 18.9 Å². The molecule has 0 bridgehead atoms. The molecule has 1 atom stereocenters. The Labute approximate surface area is 86.3 Å². The molecule has 0 saturated heterocycles. The second kappa shape index (κ2) is 3.76. The van der Waals surface area contributed by atoms with Crippen LogP contribution >= 0.6 is 0 Å². The van der Waals surface area contributed by atoms with Crippen LogP contribution in [0, 0.1) is 0 Å². The smallest absolute Gasteiger partial charge is 0.385 e. The maximum atomic E-state index is 12.3. The second-order valence-corrected chi connectivity index (χ2v) is 3.82. The minimum atomic E-state index is -4.07. The van der Waals surface area contributed by atoms with Gasteiger partial charge in [0, 0.05) is 12.2 Å². The maximum absolute atomic E-state index is 12.3. The minimum absolute atomic E-state index is 0.387. The van der Waals surface area contributed by atoms with E-state index < -0.39 is 12.6 Å². The van der Waals surface area contributed by atoms with Gasteiger partial charge in [0.2, 0.25) is 0 Å². The van der Waals surface area contributed by atoms with Crippen LogP contribution in [-0.2, 0) is 0 Å². The largest absolute Gasteiger partial charge is 0.389 e. The van der Waals surface area contributed by atoms with E-state index in [1.807, 2.05) is 12.1 Å². The predicted molar refractivity (Wildman–Crippen MR) is 53.0 cm³/mol. The molecule has 1 aliphatic heterocycles. The average molecular weight is 215 g/mol. The van der Waals surface area contributed by atoms with Crippen molar-refractivity contribution in [1.29, 1.82) is 0 Å². The molecule has 0 radical (unpaired) electrons. The van der Waals surface area contributed by atoms with Crippen LogP contribution in [-0.4, -0.2) is 12.7 Å². The summed E-state index contributed by atoms with van der Waals surface area (Å²) in [4.78, 5) is 0. The molecule has 1 aromatic rings. The standard InChI is InChI=1S/C11H12F3N/c12-11(13,14)7-8-5-6-15-10-4-2-1-3-9(8)10/h1-4,8,15H,5-7H2/t8-/m1/s1. The molecule has 1 aromatic carbocycles. The number of halogens is 3. The van der Waals surface area contributed by atoms with Crippen LogP contribution in [0.25, 0.3) is 0 Å². The van der Waals surface area contributed by atoms with Gasteiger partial charge in [0.05, 0.1) is 6.42 Å². The van der Waals surface area contributed by atoms with Crippen molar-refractivity contribution < 1.29 is 13.2 Å². The Morgan fingerprint density at radius 1 is 1.27 bits per heavy atom. The molecule has 82 valence electrons. The number of hydrogen-bond donors (Lipinski definition) is 1. The summed E-state index contributed by atoms with van der Waals surface area (Å²) in [5.74, 6) is -0.387. The molecule has 0 aromatic heterocycles. The highest BCUT2D eigenvalue weighted by Gasteiger charge is 2.34. The summed E-state index contributed by atoms with van der Waals surface area (Å²) in [5.41, 5.74) is 1.64. The topological polar surface area (TPSA) is 12.0 Å². The van der Waals surface area contributed by atoms with E-state index in [0.717, 1.165) is 11.3 Å². The number of nitrogens with one attached hydrogen (secondary N) is 1. The summed E-state index contributed by atoms with van der Waals surface area (Å²) in [6, 6.07) is 7.23. The summed E-state index contributed by atoms with van der Waals surface area (Å²) in [6.45, 7) is 0.623. The number of alkyl halides is 3. The van der Waals surface area contributed by atoms with Gasteiger partial charge in [0.1, 0.15) is 0 Å². The van der Waals surface area contributed by atoms with E-state index in [9.17, 15) is 13.2 Å². The molecule has 0 unspecified atom stereocenters. The summed E-state index contributed by atoms with van der Waals surface area (Å²) in [7, 11) is 0. The van der Waals surface area contributed by atoms with Crippen molar-refractivity contribution in [2.24, 2.45) is 0 Å². The number of rotatable bonds is 1. The van der Waals surface area contributed by atoms with Crippen LogP contribution in [0.3, 0.4) is 0 Å². The van der Waals surface area contributed by atoms with Gasteiger partial charge in [0.25, 0.3) is 0 Å². The van der Waals surface area contributed by atoms with Crippen LogP contribution in [0.1, 0.15) is 24.3 Å². The number of para-hydroxylation sites is 1. The quantitative estimate of drug-likeness (QED) is 0.755. The maximum Gasteiger partial charge on any atom is 0.389 e. The fourth-order valence-electron chi connectivity index (χ4n) is 2.04. The fourth-order valence-corrected chi connectivity index (χ4v) is 2.04. The van der Waals surface area contributed by atoms with E-state index in [2.05, 4.69) is 5.32 Å². The summed E-state index contributed by atoms with van der Waals surface area (Å²) in [5, 5.41) is 3.11.